The summed E-state index contributed by atoms with van der Waals surface area (Å²) >= 11 is 6.68. The number of halogens is 2. The second-order valence-electron chi connectivity index (χ2n) is 3.15. The number of hydrogen-bond acceptors (Lipinski definition) is 6. The number of rotatable bonds is 3. The van der Waals surface area contributed by atoms with Crippen LogP contribution in [0.25, 0.3) is 0 Å². The smallest absolute Gasteiger partial charge is 0.265 e. The van der Waals surface area contributed by atoms with Gasteiger partial charge in [0.25, 0.3) is 10.0 Å². The SMILES string of the molecule is Nc1cc(S(=O)(=O)Nc2nncs2)c(Cl)cc1F. The third-order valence-corrected chi connectivity index (χ3v) is 4.46. The molecule has 2 aromatic rings. The fraction of sp³-hybridized carbons (Fsp3) is 0. The van der Waals surface area contributed by atoms with Crippen molar-refractivity contribution in [3.05, 3.63) is 28.5 Å². The van der Waals surface area contributed by atoms with Gasteiger partial charge in [-0.3, -0.25) is 4.72 Å². The Morgan fingerprint density at radius 2 is 2.17 bits per heavy atom. The lowest BCUT2D eigenvalue weighted by Crippen LogP contribution is -2.14. The molecule has 0 aliphatic carbocycles. The van der Waals surface area contributed by atoms with E-state index in [1.165, 1.54) is 5.51 Å². The largest absolute Gasteiger partial charge is 0.396 e. The quantitative estimate of drug-likeness (QED) is 0.841. The van der Waals surface area contributed by atoms with Crippen molar-refractivity contribution in [2.24, 2.45) is 0 Å². The molecular formula is C8H6ClFN4O2S2. The Bertz CT molecular complexity index is 675. The predicted molar refractivity (Wildman–Crippen MR) is 66.5 cm³/mol. The number of anilines is 2. The number of nitrogen functional groups attached to an aromatic ring is 1. The van der Waals surface area contributed by atoms with Crippen molar-refractivity contribution in [1.29, 1.82) is 0 Å². The number of aromatic nitrogens is 2. The fourth-order valence-corrected chi connectivity index (χ4v) is 3.38. The van der Waals surface area contributed by atoms with Crippen LogP contribution in [0.15, 0.2) is 22.5 Å². The third-order valence-electron chi connectivity index (χ3n) is 1.92. The summed E-state index contributed by atoms with van der Waals surface area (Å²) < 4.78 is 39.1. The van der Waals surface area contributed by atoms with Crippen LogP contribution in [0.1, 0.15) is 0 Å². The third kappa shape index (κ3) is 2.52. The molecule has 2 rings (SSSR count). The topological polar surface area (TPSA) is 98.0 Å². The van der Waals surface area contributed by atoms with Crippen molar-refractivity contribution in [3.8, 4) is 0 Å². The van der Waals surface area contributed by atoms with Crippen molar-refractivity contribution in [1.82, 2.24) is 10.2 Å². The zero-order valence-electron chi connectivity index (χ0n) is 8.59. The van der Waals surface area contributed by atoms with Crippen LogP contribution in [0.4, 0.5) is 15.2 Å². The molecule has 1 aromatic heterocycles. The molecule has 0 saturated heterocycles. The fourth-order valence-electron chi connectivity index (χ4n) is 1.14. The van der Waals surface area contributed by atoms with Crippen LogP contribution in [0, 0.1) is 5.82 Å². The van der Waals surface area contributed by atoms with Crippen molar-refractivity contribution >= 4 is 43.8 Å². The number of nitrogens with two attached hydrogens (primary N) is 1. The average Bonchev–Trinajstić information content (AvgIpc) is 2.75. The van der Waals surface area contributed by atoms with Crippen LogP contribution < -0.4 is 10.5 Å². The molecule has 0 saturated carbocycles. The van der Waals surface area contributed by atoms with E-state index in [4.69, 9.17) is 17.3 Å². The Morgan fingerprint density at radius 3 is 2.78 bits per heavy atom. The molecule has 1 heterocycles. The van der Waals surface area contributed by atoms with E-state index in [-0.39, 0.29) is 20.7 Å². The van der Waals surface area contributed by atoms with Crippen molar-refractivity contribution in [2.45, 2.75) is 4.90 Å². The van der Waals surface area contributed by atoms with E-state index in [0.717, 1.165) is 23.5 Å². The molecular weight excluding hydrogens is 303 g/mol. The first-order chi connectivity index (χ1) is 8.40. The van der Waals surface area contributed by atoms with Gasteiger partial charge in [0.05, 0.1) is 10.7 Å². The van der Waals surface area contributed by atoms with Crippen molar-refractivity contribution in [3.63, 3.8) is 0 Å². The highest BCUT2D eigenvalue weighted by Gasteiger charge is 2.21. The molecule has 0 spiro atoms. The van der Waals surface area contributed by atoms with Gasteiger partial charge >= 0.3 is 0 Å². The van der Waals surface area contributed by atoms with E-state index in [9.17, 15) is 12.8 Å². The standard InChI is InChI=1S/C8H6ClFN4O2S2/c9-4-1-5(10)6(11)2-7(4)18(15,16)14-8-13-12-3-17-8/h1-3H,11H2,(H,13,14). The van der Waals surface area contributed by atoms with Gasteiger partial charge in [-0.15, -0.1) is 10.2 Å². The molecule has 1 aromatic carbocycles. The minimum atomic E-state index is -3.97. The van der Waals surface area contributed by atoms with Crippen LogP contribution in [0.3, 0.4) is 0 Å². The summed E-state index contributed by atoms with van der Waals surface area (Å²) in [4.78, 5) is -0.321. The number of nitrogens with zero attached hydrogens (tertiary/aromatic N) is 2. The summed E-state index contributed by atoms with van der Waals surface area (Å²) in [5.41, 5.74) is 6.36. The Balaban J connectivity index is 2.44. The van der Waals surface area contributed by atoms with E-state index >= 15 is 0 Å². The minimum absolute atomic E-state index is 0.0777. The number of hydrogen-bond donors (Lipinski definition) is 2. The minimum Gasteiger partial charge on any atom is -0.396 e. The molecule has 0 amide bonds. The van der Waals surface area contributed by atoms with E-state index in [1.807, 2.05) is 0 Å². The Kier molecular flexibility index (Phi) is 3.37. The van der Waals surface area contributed by atoms with Crippen molar-refractivity contribution < 1.29 is 12.8 Å². The Hall–Kier alpha value is -1.45. The highest BCUT2D eigenvalue weighted by atomic mass is 35.5. The predicted octanol–water partition coefficient (Wildman–Crippen LogP) is 1.71. The summed E-state index contributed by atoms with van der Waals surface area (Å²) in [7, 11) is -3.97. The molecule has 0 aliphatic heterocycles. The average molecular weight is 309 g/mol. The number of nitrogens with one attached hydrogen (secondary N) is 1. The molecule has 6 nitrogen and oxygen atoms in total. The van der Waals surface area contributed by atoms with Gasteiger partial charge < -0.3 is 5.73 Å². The van der Waals surface area contributed by atoms with Crippen LogP contribution >= 0.6 is 22.9 Å². The maximum absolute atomic E-state index is 13.1. The Labute approximate surface area is 111 Å². The van der Waals surface area contributed by atoms with Gasteiger partial charge in [-0.05, 0) is 12.1 Å². The van der Waals surface area contributed by atoms with E-state index < -0.39 is 15.8 Å². The summed E-state index contributed by atoms with van der Waals surface area (Å²) in [6.45, 7) is 0. The van der Waals surface area contributed by atoms with Crippen molar-refractivity contribution in [2.75, 3.05) is 10.5 Å². The first kappa shape index (κ1) is 13.0. The lowest BCUT2D eigenvalue weighted by molar-refractivity contribution is 0.600. The molecule has 18 heavy (non-hydrogen) atoms. The molecule has 0 fully saturated rings. The normalized spacial score (nSPS) is 11.4. The first-order valence-electron chi connectivity index (χ1n) is 4.43. The second kappa shape index (κ2) is 4.67. The van der Waals surface area contributed by atoms with Gasteiger partial charge in [-0.25, -0.2) is 12.8 Å². The maximum Gasteiger partial charge on any atom is 0.265 e. The number of sulfonamides is 1. The monoisotopic (exact) mass is 308 g/mol. The van der Waals surface area contributed by atoms with Gasteiger partial charge in [0.15, 0.2) is 0 Å². The molecule has 0 bridgehead atoms. The molecule has 0 unspecified atom stereocenters. The van der Waals surface area contributed by atoms with E-state index in [2.05, 4.69) is 14.9 Å². The summed E-state index contributed by atoms with van der Waals surface area (Å²) in [5, 5.41) is 6.82. The van der Waals surface area contributed by atoms with Gasteiger partial charge in [0.2, 0.25) is 5.13 Å². The van der Waals surface area contributed by atoms with E-state index in [1.54, 1.807) is 0 Å². The van der Waals surface area contributed by atoms with Crippen LogP contribution in [-0.2, 0) is 10.0 Å². The highest BCUT2D eigenvalue weighted by molar-refractivity contribution is 7.93. The van der Waals surface area contributed by atoms with E-state index in [0.29, 0.717) is 0 Å². The zero-order chi connectivity index (χ0) is 13.3. The molecule has 10 heteroatoms. The molecule has 0 aliphatic rings. The van der Waals surface area contributed by atoms with Crippen LogP contribution in [-0.4, -0.2) is 18.6 Å². The Morgan fingerprint density at radius 1 is 1.44 bits per heavy atom. The number of benzene rings is 1. The van der Waals surface area contributed by atoms with Gasteiger partial charge in [-0.1, -0.05) is 22.9 Å². The summed E-state index contributed by atoms with van der Waals surface area (Å²) in [6.07, 6.45) is 0. The molecule has 0 atom stereocenters. The lowest BCUT2D eigenvalue weighted by Gasteiger charge is -2.08. The van der Waals surface area contributed by atoms with Gasteiger partial charge in [0.1, 0.15) is 16.2 Å². The summed E-state index contributed by atoms with van der Waals surface area (Å²) in [5.74, 6) is -0.783. The van der Waals surface area contributed by atoms with Gasteiger partial charge in [-0.2, -0.15) is 0 Å². The zero-order valence-corrected chi connectivity index (χ0v) is 11.0. The van der Waals surface area contributed by atoms with Crippen LogP contribution in [0.5, 0.6) is 0 Å². The first-order valence-corrected chi connectivity index (χ1v) is 7.18. The maximum atomic E-state index is 13.1. The van der Waals surface area contributed by atoms with Gasteiger partial charge in [0, 0.05) is 0 Å². The molecule has 96 valence electrons. The molecule has 3 N–H and O–H groups in total. The second-order valence-corrected chi connectivity index (χ2v) is 6.04. The highest BCUT2D eigenvalue weighted by Crippen LogP contribution is 2.28. The lowest BCUT2D eigenvalue weighted by atomic mass is 10.3. The van der Waals surface area contributed by atoms with Crippen LogP contribution in [0.2, 0.25) is 5.02 Å². The molecule has 0 radical (unpaired) electrons. The summed E-state index contributed by atoms with van der Waals surface area (Å²) in [6, 6.07) is 1.78.